The second-order valence-corrected chi connectivity index (χ2v) is 8.44. The van der Waals surface area contributed by atoms with E-state index in [1.54, 1.807) is 6.26 Å². The lowest BCUT2D eigenvalue weighted by atomic mass is 10.1. The van der Waals surface area contributed by atoms with Crippen LogP contribution in [0.5, 0.6) is 0 Å². The molecule has 3 rings (SSSR count). The summed E-state index contributed by atoms with van der Waals surface area (Å²) in [5.74, 6) is 2.24. The number of amides is 1. The molecule has 2 heterocycles. The van der Waals surface area contributed by atoms with Gasteiger partial charge in [-0.05, 0) is 43.4 Å². The minimum Gasteiger partial charge on any atom is -0.469 e. The third-order valence-electron chi connectivity index (χ3n) is 4.70. The highest BCUT2D eigenvalue weighted by atomic mass is 32.2. The molecule has 0 fully saturated rings. The number of nitrogens with one attached hydrogen (secondary N) is 1. The fourth-order valence-electron chi connectivity index (χ4n) is 3.25. The van der Waals surface area contributed by atoms with Gasteiger partial charge < -0.3 is 14.3 Å². The number of aromatic nitrogens is 3. The van der Waals surface area contributed by atoms with E-state index in [0.717, 1.165) is 52.1 Å². The summed E-state index contributed by atoms with van der Waals surface area (Å²) in [4.78, 5) is 12.6. The van der Waals surface area contributed by atoms with Gasteiger partial charge in [-0.25, -0.2) is 0 Å². The number of furan rings is 1. The average molecular weight is 413 g/mol. The molecule has 0 saturated carbocycles. The number of carbonyl (C=O) groups excluding carboxylic acids is 1. The molecular weight excluding hydrogens is 384 g/mol. The predicted octanol–water partition coefficient (Wildman–Crippen LogP) is 5.10. The maximum Gasteiger partial charge on any atom is 0.234 e. The van der Waals surface area contributed by atoms with Crippen molar-refractivity contribution in [2.75, 3.05) is 11.1 Å². The van der Waals surface area contributed by atoms with Crippen molar-refractivity contribution in [3.63, 3.8) is 0 Å². The Morgan fingerprint density at radius 1 is 1.24 bits per heavy atom. The van der Waals surface area contributed by atoms with Crippen molar-refractivity contribution in [1.82, 2.24) is 14.8 Å². The first kappa shape index (κ1) is 21.2. The Morgan fingerprint density at radius 3 is 2.69 bits per heavy atom. The first-order valence-corrected chi connectivity index (χ1v) is 10.9. The maximum atomic E-state index is 12.6. The van der Waals surface area contributed by atoms with Crippen molar-refractivity contribution in [3.8, 4) is 11.4 Å². The summed E-state index contributed by atoms with van der Waals surface area (Å²) in [6.07, 6.45) is 2.54. The third-order valence-corrected chi connectivity index (χ3v) is 5.67. The number of hydrogen-bond acceptors (Lipinski definition) is 5. The molecule has 0 saturated heterocycles. The standard InChI is InChI=1S/C22H28N4O2S/c1-6-17-9-7-8-15(4)20(17)23-19(27)13-29-22-25-24-21(26(22)12-14(2)3)18-10-11-28-16(18)5/h7-11,14H,6,12-13H2,1-5H3,(H,23,27). The number of rotatable bonds is 8. The van der Waals surface area contributed by atoms with Gasteiger partial charge >= 0.3 is 0 Å². The highest BCUT2D eigenvalue weighted by molar-refractivity contribution is 7.99. The number of para-hydroxylation sites is 1. The molecule has 0 aliphatic carbocycles. The number of carbonyl (C=O) groups is 1. The van der Waals surface area contributed by atoms with Crippen LogP contribution >= 0.6 is 11.8 Å². The van der Waals surface area contributed by atoms with Crippen LogP contribution in [0.4, 0.5) is 5.69 Å². The van der Waals surface area contributed by atoms with Gasteiger partial charge in [0.25, 0.3) is 0 Å². The fraction of sp³-hybridized carbons (Fsp3) is 0.409. The van der Waals surface area contributed by atoms with Gasteiger partial charge in [0.2, 0.25) is 5.91 Å². The number of thioether (sulfide) groups is 1. The highest BCUT2D eigenvalue weighted by Gasteiger charge is 2.19. The molecule has 0 radical (unpaired) electrons. The summed E-state index contributed by atoms with van der Waals surface area (Å²) < 4.78 is 7.51. The molecule has 7 heteroatoms. The van der Waals surface area contributed by atoms with Gasteiger partial charge in [0, 0.05) is 12.2 Å². The Hall–Kier alpha value is -2.54. The molecule has 0 bridgehead atoms. The van der Waals surface area contributed by atoms with E-state index in [4.69, 9.17) is 4.42 Å². The van der Waals surface area contributed by atoms with Crippen molar-refractivity contribution in [2.45, 2.75) is 52.7 Å². The van der Waals surface area contributed by atoms with E-state index in [1.807, 2.05) is 32.0 Å². The average Bonchev–Trinajstić information content (AvgIpc) is 3.27. The quantitative estimate of drug-likeness (QED) is 0.521. The van der Waals surface area contributed by atoms with Crippen LogP contribution in [0.3, 0.4) is 0 Å². The molecule has 6 nitrogen and oxygen atoms in total. The van der Waals surface area contributed by atoms with Gasteiger partial charge in [0.15, 0.2) is 11.0 Å². The number of hydrogen-bond donors (Lipinski definition) is 1. The monoisotopic (exact) mass is 412 g/mol. The molecule has 0 unspecified atom stereocenters. The first-order chi connectivity index (χ1) is 13.9. The summed E-state index contributed by atoms with van der Waals surface area (Å²) >= 11 is 1.41. The van der Waals surface area contributed by atoms with E-state index >= 15 is 0 Å². The lowest BCUT2D eigenvalue weighted by molar-refractivity contribution is -0.113. The smallest absolute Gasteiger partial charge is 0.234 e. The van der Waals surface area contributed by atoms with Crippen molar-refractivity contribution in [3.05, 3.63) is 47.4 Å². The normalized spacial score (nSPS) is 11.2. The summed E-state index contributed by atoms with van der Waals surface area (Å²) in [5.41, 5.74) is 4.06. The van der Waals surface area contributed by atoms with Gasteiger partial charge in [-0.3, -0.25) is 4.79 Å². The Kier molecular flexibility index (Phi) is 6.79. The van der Waals surface area contributed by atoms with Crippen LogP contribution in [-0.2, 0) is 17.8 Å². The van der Waals surface area contributed by atoms with Gasteiger partial charge in [-0.2, -0.15) is 0 Å². The lowest BCUT2D eigenvalue weighted by Gasteiger charge is -2.14. The van der Waals surface area contributed by atoms with Crippen LogP contribution in [0.2, 0.25) is 0 Å². The van der Waals surface area contributed by atoms with Crippen molar-refractivity contribution >= 4 is 23.4 Å². The lowest BCUT2D eigenvalue weighted by Crippen LogP contribution is -2.17. The second-order valence-electron chi connectivity index (χ2n) is 7.50. The van der Waals surface area contributed by atoms with Crippen molar-refractivity contribution < 1.29 is 9.21 Å². The molecular formula is C22H28N4O2S. The van der Waals surface area contributed by atoms with E-state index < -0.39 is 0 Å². The SMILES string of the molecule is CCc1cccc(C)c1NC(=O)CSc1nnc(-c2ccoc2C)n1CC(C)C. The summed E-state index contributed by atoms with van der Waals surface area (Å²) in [6, 6.07) is 7.99. The minimum atomic E-state index is -0.0425. The Balaban J connectivity index is 1.76. The minimum absolute atomic E-state index is 0.0425. The van der Waals surface area contributed by atoms with E-state index in [-0.39, 0.29) is 11.7 Å². The summed E-state index contributed by atoms with van der Waals surface area (Å²) in [7, 11) is 0. The molecule has 0 aliphatic rings. The van der Waals surface area contributed by atoms with Crippen LogP contribution < -0.4 is 5.32 Å². The Labute approximate surface area is 176 Å². The molecule has 0 aliphatic heterocycles. The van der Waals surface area contributed by atoms with E-state index in [1.165, 1.54) is 11.8 Å². The molecule has 2 aromatic heterocycles. The number of benzene rings is 1. The zero-order chi connectivity index (χ0) is 21.0. The molecule has 1 N–H and O–H groups in total. The number of nitrogens with zero attached hydrogens (tertiary/aromatic N) is 3. The first-order valence-electron chi connectivity index (χ1n) is 9.89. The summed E-state index contributed by atoms with van der Waals surface area (Å²) in [5, 5.41) is 12.5. The van der Waals surface area contributed by atoms with Crippen LogP contribution in [0, 0.1) is 19.8 Å². The Bertz CT molecular complexity index is 991. The zero-order valence-corrected chi connectivity index (χ0v) is 18.5. The largest absolute Gasteiger partial charge is 0.469 e. The molecule has 1 aromatic carbocycles. The molecule has 3 aromatic rings. The van der Waals surface area contributed by atoms with Crippen LogP contribution in [-0.4, -0.2) is 26.4 Å². The van der Waals surface area contributed by atoms with Crippen molar-refractivity contribution in [1.29, 1.82) is 0 Å². The van der Waals surface area contributed by atoms with Crippen LogP contribution in [0.1, 0.15) is 37.7 Å². The second kappa shape index (κ2) is 9.31. The fourth-order valence-corrected chi connectivity index (χ4v) is 4.00. The molecule has 1 amide bonds. The summed E-state index contributed by atoms with van der Waals surface area (Å²) in [6.45, 7) is 11.1. The van der Waals surface area contributed by atoms with Crippen LogP contribution in [0.25, 0.3) is 11.4 Å². The third kappa shape index (κ3) is 4.90. The molecule has 154 valence electrons. The van der Waals surface area contributed by atoms with Gasteiger partial charge in [0.1, 0.15) is 5.76 Å². The van der Waals surface area contributed by atoms with Crippen molar-refractivity contribution in [2.24, 2.45) is 5.92 Å². The highest BCUT2D eigenvalue weighted by Crippen LogP contribution is 2.28. The van der Waals surface area contributed by atoms with E-state index in [0.29, 0.717) is 5.92 Å². The van der Waals surface area contributed by atoms with Crippen LogP contribution in [0.15, 0.2) is 40.1 Å². The van der Waals surface area contributed by atoms with Gasteiger partial charge in [-0.15, -0.1) is 10.2 Å². The zero-order valence-electron chi connectivity index (χ0n) is 17.7. The van der Waals surface area contributed by atoms with Gasteiger partial charge in [-0.1, -0.05) is 50.7 Å². The molecule has 29 heavy (non-hydrogen) atoms. The Morgan fingerprint density at radius 2 is 2.03 bits per heavy atom. The molecule has 0 spiro atoms. The number of anilines is 1. The predicted molar refractivity (Wildman–Crippen MR) is 117 cm³/mol. The van der Waals surface area contributed by atoms with Gasteiger partial charge in [0.05, 0.1) is 17.6 Å². The topological polar surface area (TPSA) is 73.0 Å². The number of aryl methyl sites for hydroxylation is 3. The van der Waals surface area contributed by atoms with E-state index in [2.05, 4.69) is 46.9 Å². The van der Waals surface area contributed by atoms with E-state index in [9.17, 15) is 4.79 Å². The maximum absolute atomic E-state index is 12.6. The molecule has 0 atom stereocenters.